The Morgan fingerprint density at radius 2 is 2.00 bits per heavy atom. The monoisotopic (exact) mass is 275 g/mol. The standard InChI is InChI=1S/C16H25N3O/c1-12-8-9-19(11-14(12)10-17)16(20)13-4-6-15(7-5-13)18(2)3/h4-7,12,14H,8-11,17H2,1-3H3. The summed E-state index contributed by atoms with van der Waals surface area (Å²) in [6, 6.07) is 7.79. The molecule has 0 radical (unpaired) electrons. The number of piperidine rings is 1. The Bertz CT molecular complexity index is 455. The molecule has 2 atom stereocenters. The Balaban J connectivity index is 2.07. The van der Waals surface area contributed by atoms with Crippen LogP contribution in [0.5, 0.6) is 0 Å². The molecule has 4 heteroatoms. The second kappa shape index (κ2) is 6.27. The zero-order valence-corrected chi connectivity index (χ0v) is 12.7. The highest BCUT2D eigenvalue weighted by Gasteiger charge is 2.28. The van der Waals surface area contributed by atoms with Crippen LogP contribution in [0.1, 0.15) is 23.7 Å². The molecule has 1 heterocycles. The quantitative estimate of drug-likeness (QED) is 0.915. The molecule has 0 aliphatic carbocycles. The van der Waals surface area contributed by atoms with Crippen molar-refractivity contribution in [3.63, 3.8) is 0 Å². The van der Waals surface area contributed by atoms with Crippen molar-refractivity contribution in [2.75, 3.05) is 38.6 Å². The minimum Gasteiger partial charge on any atom is -0.378 e. The molecular weight excluding hydrogens is 250 g/mol. The molecule has 2 rings (SSSR count). The third-order valence-corrected chi connectivity index (χ3v) is 4.33. The van der Waals surface area contributed by atoms with Gasteiger partial charge in [0.05, 0.1) is 0 Å². The van der Waals surface area contributed by atoms with Crippen molar-refractivity contribution in [1.29, 1.82) is 0 Å². The van der Waals surface area contributed by atoms with Crippen molar-refractivity contribution in [2.45, 2.75) is 13.3 Å². The van der Waals surface area contributed by atoms with E-state index in [9.17, 15) is 4.79 Å². The van der Waals surface area contributed by atoms with Crippen LogP contribution < -0.4 is 10.6 Å². The summed E-state index contributed by atoms with van der Waals surface area (Å²) in [6.45, 7) is 4.51. The fraction of sp³-hybridized carbons (Fsp3) is 0.562. The highest BCUT2D eigenvalue weighted by atomic mass is 16.2. The summed E-state index contributed by atoms with van der Waals surface area (Å²) in [4.78, 5) is 16.5. The van der Waals surface area contributed by atoms with E-state index in [-0.39, 0.29) is 5.91 Å². The van der Waals surface area contributed by atoms with Gasteiger partial charge in [0.25, 0.3) is 5.91 Å². The molecule has 0 bridgehead atoms. The highest BCUT2D eigenvalue weighted by molar-refractivity contribution is 5.94. The topological polar surface area (TPSA) is 49.6 Å². The van der Waals surface area contributed by atoms with Gasteiger partial charge in [-0.15, -0.1) is 0 Å². The number of hydrogen-bond acceptors (Lipinski definition) is 3. The molecule has 0 spiro atoms. The molecule has 1 aliphatic rings. The number of nitrogens with two attached hydrogens (primary N) is 1. The number of carbonyl (C=O) groups excluding carboxylic acids is 1. The largest absolute Gasteiger partial charge is 0.378 e. The zero-order valence-electron chi connectivity index (χ0n) is 12.7. The minimum absolute atomic E-state index is 0.126. The van der Waals surface area contributed by atoms with Gasteiger partial charge in [-0.05, 0) is 49.1 Å². The number of rotatable bonds is 3. The third kappa shape index (κ3) is 3.12. The predicted molar refractivity (Wildman–Crippen MR) is 83.0 cm³/mol. The summed E-state index contributed by atoms with van der Waals surface area (Å²) in [6.07, 6.45) is 1.05. The third-order valence-electron chi connectivity index (χ3n) is 4.33. The number of benzene rings is 1. The maximum absolute atomic E-state index is 12.5. The first-order chi connectivity index (χ1) is 9.52. The van der Waals surface area contributed by atoms with Crippen LogP contribution in [0.3, 0.4) is 0 Å². The number of likely N-dealkylation sites (tertiary alicyclic amines) is 1. The Morgan fingerprint density at radius 3 is 2.55 bits per heavy atom. The van der Waals surface area contributed by atoms with E-state index in [1.54, 1.807) is 0 Å². The molecule has 1 fully saturated rings. The van der Waals surface area contributed by atoms with Gasteiger partial charge in [0, 0.05) is 38.4 Å². The van der Waals surface area contributed by atoms with Crippen LogP contribution in [0.25, 0.3) is 0 Å². The van der Waals surface area contributed by atoms with E-state index < -0.39 is 0 Å². The summed E-state index contributed by atoms with van der Waals surface area (Å²) in [7, 11) is 3.99. The molecular formula is C16H25N3O. The molecule has 2 unspecified atom stereocenters. The summed E-state index contributed by atoms with van der Waals surface area (Å²) in [5.41, 5.74) is 7.67. The van der Waals surface area contributed by atoms with Crippen LogP contribution in [0.4, 0.5) is 5.69 Å². The first kappa shape index (κ1) is 14.9. The van der Waals surface area contributed by atoms with Crippen molar-refractivity contribution < 1.29 is 4.79 Å². The van der Waals surface area contributed by atoms with Gasteiger partial charge >= 0.3 is 0 Å². The lowest BCUT2D eigenvalue weighted by molar-refractivity contribution is 0.0618. The van der Waals surface area contributed by atoms with E-state index in [4.69, 9.17) is 5.73 Å². The van der Waals surface area contributed by atoms with E-state index in [0.29, 0.717) is 18.4 Å². The fourth-order valence-electron chi connectivity index (χ4n) is 2.73. The number of anilines is 1. The number of nitrogens with zero attached hydrogens (tertiary/aromatic N) is 2. The van der Waals surface area contributed by atoms with Crippen molar-refractivity contribution in [1.82, 2.24) is 4.90 Å². The molecule has 1 amide bonds. The van der Waals surface area contributed by atoms with Crippen molar-refractivity contribution >= 4 is 11.6 Å². The molecule has 1 aromatic carbocycles. The number of hydrogen-bond donors (Lipinski definition) is 1. The van der Waals surface area contributed by atoms with Crippen LogP contribution >= 0.6 is 0 Å². The van der Waals surface area contributed by atoms with Crippen LogP contribution in [-0.4, -0.2) is 44.5 Å². The average Bonchev–Trinajstić information content (AvgIpc) is 2.47. The zero-order chi connectivity index (χ0) is 14.7. The van der Waals surface area contributed by atoms with Gasteiger partial charge in [-0.25, -0.2) is 0 Å². The lowest BCUT2D eigenvalue weighted by Crippen LogP contribution is -2.45. The molecule has 2 N–H and O–H groups in total. The van der Waals surface area contributed by atoms with Crippen molar-refractivity contribution in [2.24, 2.45) is 17.6 Å². The lowest BCUT2D eigenvalue weighted by Gasteiger charge is -2.36. The van der Waals surface area contributed by atoms with E-state index in [0.717, 1.165) is 30.8 Å². The maximum Gasteiger partial charge on any atom is 0.253 e. The fourth-order valence-corrected chi connectivity index (χ4v) is 2.73. The van der Waals surface area contributed by atoms with Gasteiger partial charge in [0.2, 0.25) is 0 Å². The normalized spacial score (nSPS) is 22.7. The Labute approximate surface area is 121 Å². The Kier molecular flexibility index (Phi) is 4.65. The van der Waals surface area contributed by atoms with Gasteiger partial charge in [-0.3, -0.25) is 4.79 Å². The molecule has 1 aromatic rings. The summed E-state index contributed by atoms with van der Waals surface area (Å²) < 4.78 is 0. The van der Waals surface area contributed by atoms with Crippen LogP contribution in [0, 0.1) is 11.8 Å². The van der Waals surface area contributed by atoms with Crippen LogP contribution in [-0.2, 0) is 0 Å². The van der Waals surface area contributed by atoms with E-state index in [1.165, 1.54) is 0 Å². The van der Waals surface area contributed by atoms with Crippen LogP contribution in [0.2, 0.25) is 0 Å². The Morgan fingerprint density at radius 1 is 1.35 bits per heavy atom. The van der Waals surface area contributed by atoms with Gasteiger partial charge in [0.1, 0.15) is 0 Å². The van der Waals surface area contributed by atoms with Gasteiger partial charge < -0.3 is 15.5 Å². The molecule has 0 saturated carbocycles. The van der Waals surface area contributed by atoms with Gasteiger partial charge in [0.15, 0.2) is 0 Å². The summed E-state index contributed by atoms with van der Waals surface area (Å²) >= 11 is 0. The second-order valence-electron chi connectivity index (χ2n) is 5.95. The maximum atomic E-state index is 12.5. The molecule has 0 aromatic heterocycles. The molecule has 1 aliphatic heterocycles. The SMILES string of the molecule is CC1CCN(C(=O)c2ccc(N(C)C)cc2)CC1CN. The molecule has 4 nitrogen and oxygen atoms in total. The number of carbonyl (C=O) groups is 1. The smallest absolute Gasteiger partial charge is 0.253 e. The van der Waals surface area contributed by atoms with Gasteiger partial charge in [-0.2, -0.15) is 0 Å². The highest BCUT2D eigenvalue weighted by Crippen LogP contribution is 2.24. The number of amides is 1. The van der Waals surface area contributed by atoms with E-state index in [1.807, 2.05) is 48.2 Å². The first-order valence-electron chi connectivity index (χ1n) is 7.29. The molecule has 1 saturated heterocycles. The van der Waals surface area contributed by atoms with Gasteiger partial charge in [-0.1, -0.05) is 6.92 Å². The summed E-state index contributed by atoms with van der Waals surface area (Å²) in [5.74, 6) is 1.16. The molecule has 110 valence electrons. The first-order valence-corrected chi connectivity index (χ1v) is 7.29. The van der Waals surface area contributed by atoms with Crippen molar-refractivity contribution in [3.05, 3.63) is 29.8 Å². The lowest BCUT2D eigenvalue weighted by atomic mass is 9.87. The molecule has 20 heavy (non-hydrogen) atoms. The van der Waals surface area contributed by atoms with Crippen LogP contribution in [0.15, 0.2) is 24.3 Å². The Hall–Kier alpha value is -1.55. The summed E-state index contributed by atoms with van der Waals surface area (Å²) in [5, 5.41) is 0. The second-order valence-corrected chi connectivity index (χ2v) is 5.95. The van der Waals surface area contributed by atoms with E-state index >= 15 is 0 Å². The predicted octanol–water partition coefficient (Wildman–Crippen LogP) is 1.81. The average molecular weight is 275 g/mol. The van der Waals surface area contributed by atoms with E-state index in [2.05, 4.69) is 6.92 Å². The minimum atomic E-state index is 0.126. The van der Waals surface area contributed by atoms with Crippen molar-refractivity contribution in [3.8, 4) is 0 Å².